The number of urea groups is 1. The monoisotopic (exact) mass is 545 g/mol. The summed E-state index contributed by atoms with van der Waals surface area (Å²) in [6.07, 6.45) is -4.76. The van der Waals surface area contributed by atoms with Gasteiger partial charge in [0.25, 0.3) is 5.91 Å². The van der Waals surface area contributed by atoms with Gasteiger partial charge in [-0.3, -0.25) is 15.0 Å². The van der Waals surface area contributed by atoms with Gasteiger partial charge in [-0.1, -0.05) is 54.1 Å². The minimum atomic E-state index is -4.39. The lowest BCUT2D eigenvalue weighted by atomic mass is 10.1. The van der Waals surface area contributed by atoms with Crippen LogP contribution in [0.5, 0.6) is 0 Å². The van der Waals surface area contributed by atoms with E-state index in [2.05, 4.69) is 10.2 Å². The standard InChI is InChI=1S/C28H27ClF3N3O3/c29-24-12-8-21(9-13-24)25(38-19-20-6-10-23(11-7-20)28(30,31)32)18-34-14-16-35(17-15-34)27(37)33-26(36)22-4-2-1-3-5-22/h1-13,25H,14-19H2,(H,33,36,37)/t25-/m0/s1. The number of piperazine rings is 1. The molecule has 4 rings (SSSR count). The second-order valence-electron chi connectivity index (χ2n) is 8.96. The van der Waals surface area contributed by atoms with Crippen LogP contribution in [-0.4, -0.2) is 54.5 Å². The van der Waals surface area contributed by atoms with E-state index >= 15 is 0 Å². The number of hydrogen-bond acceptors (Lipinski definition) is 4. The molecular weight excluding hydrogens is 519 g/mol. The van der Waals surface area contributed by atoms with E-state index in [0.29, 0.717) is 48.9 Å². The van der Waals surface area contributed by atoms with E-state index < -0.39 is 23.7 Å². The fourth-order valence-corrected chi connectivity index (χ4v) is 4.25. The van der Waals surface area contributed by atoms with Crippen LogP contribution in [0.2, 0.25) is 5.02 Å². The third kappa shape index (κ3) is 7.56. The maximum absolute atomic E-state index is 12.9. The van der Waals surface area contributed by atoms with E-state index in [1.54, 1.807) is 47.4 Å². The molecule has 0 saturated carbocycles. The number of imide groups is 1. The molecule has 3 aromatic carbocycles. The Labute approximate surface area is 223 Å². The topological polar surface area (TPSA) is 61.9 Å². The number of carbonyl (C=O) groups is 2. The van der Waals surface area contributed by atoms with Crippen LogP contribution in [-0.2, 0) is 17.5 Å². The van der Waals surface area contributed by atoms with Crippen LogP contribution < -0.4 is 5.32 Å². The van der Waals surface area contributed by atoms with Gasteiger partial charge >= 0.3 is 12.2 Å². The Kier molecular flexibility index (Phi) is 9.04. The average Bonchev–Trinajstić information content (AvgIpc) is 2.92. The molecule has 0 aliphatic carbocycles. The second-order valence-corrected chi connectivity index (χ2v) is 9.40. The zero-order valence-electron chi connectivity index (χ0n) is 20.5. The summed E-state index contributed by atoms with van der Waals surface area (Å²) < 4.78 is 44.8. The van der Waals surface area contributed by atoms with Gasteiger partial charge in [-0.15, -0.1) is 0 Å². The number of halogens is 4. The first-order valence-electron chi connectivity index (χ1n) is 12.1. The van der Waals surface area contributed by atoms with E-state index in [9.17, 15) is 22.8 Å². The number of nitrogens with zero attached hydrogens (tertiary/aromatic N) is 2. The number of hydrogen-bond donors (Lipinski definition) is 1. The largest absolute Gasteiger partial charge is 0.416 e. The number of alkyl halides is 3. The van der Waals surface area contributed by atoms with E-state index in [1.165, 1.54) is 12.1 Å². The Hall–Kier alpha value is -3.40. The minimum Gasteiger partial charge on any atom is -0.368 e. The Morgan fingerprint density at radius 2 is 1.53 bits per heavy atom. The van der Waals surface area contributed by atoms with Crippen LogP contribution >= 0.6 is 11.6 Å². The molecule has 1 atom stereocenters. The Morgan fingerprint density at radius 1 is 0.895 bits per heavy atom. The Bertz CT molecular complexity index is 1210. The van der Waals surface area contributed by atoms with Crippen LogP contribution in [0, 0.1) is 0 Å². The number of rotatable bonds is 7. The quantitative estimate of drug-likeness (QED) is 0.408. The molecule has 1 saturated heterocycles. The number of carbonyl (C=O) groups excluding carboxylic acids is 2. The highest BCUT2D eigenvalue weighted by molar-refractivity contribution is 6.30. The first-order chi connectivity index (χ1) is 18.2. The summed E-state index contributed by atoms with van der Waals surface area (Å²) in [7, 11) is 0. The van der Waals surface area contributed by atoms with Gasteiger partial charge in [0.1, 0.15) is 0 Å². The minimum absolute atomic E-state index is 0.134. The molecule has 0 spiro atoms. The van der Waals surface area contributed by atoms with Crippen LogP contribution in [0.4, 0.5) is 18.0 Å². The van der Waals surface area contributed by atoms with Crippen LogP contribution in [0.25, 0.3) is 0 Å². The maximum atomic E-state index is 12.9. The molecule has 200 valence electrons. The van der Waals surface area contributed by atoms with Gasteiger partial charge in [0.05, 0.1) is 18.3 Å². The molecule has 1 aliphatic rings. The summed E-state index contributed by atoms with van der Waals surface area (Å²) in [5, 5.41) is 3.01. The van der Waals surface area contributed by atoms with Crippen molar-refractivity contribution in [1.29, 1.82) is 0 Å². The SMILES string of the molecule is O=C(NC(=O)N1CCN(C[C@H](OCc2ccc(C(F)(F)F)cc2)c2ccc(Cl)cc2)CC1)c1ccccc1. The van der Waals surface area contributed by atoms with Crippen LogP contribution in [0.1, 0.15) is 33.2 Å². The van der Waals surface area contributed by atoms with Crippen molar-refractivity contribution in [2.24, 2.45) is 0 Å². The lowest BCUT2D eigenvalue weighted by Crippen LogP contribution is -2.53. The Balaban J connectivity index is 1.34. The van der Waals surface area contributed by atoms with E-state index in [0.717, 1.165) is 17.7 Å². The van der Waals surface area contributed by atoms with Gasteiger partial charge in [0.15, 0.2) is 0 Å². The zero-order valence-corrected chi connectivity index (χ0v) is 21.2. The van der Waals surface area contributed by atoms with Gasteiger partial charge in [0.2, 0.25) is 0 Å². The number of benzene rings is 3. The fraction of sp³-hybridized carbons (Fsp3) is 0.286. The zero-order chi connectivity index (χ0) is 27.1. The van der Waals surface area contributed by atoms with Gasteiger partial charge in [-0.05, 0) is 47.5 Å². The van der Waals surface area contributed by atoms with E-state index in [-0.39, 0.29) is 12.7 Å². The summed E-state index contributed by atoms with van der Waals surface area (Å²) in [5.74, 6) is -0.447. The predicted octanol–water partition coefficient (Wildman–Crippen LogP) is 5.78. The lowest BCUT2D eigenvalue weighted by molar-refractivity contribution is -0.137. The normalized spacial score (nSPS) is 15.2. The third-order valence-corrected chi connectivity index (χ3v) is 6.57. The fourth-order valence-electron chi connectivity index (χ4n) is 4.12. The molecule has 1 aliphatic heterocycles. The molecule has 0 radical (unpaired) electrons. The summed E-state index contributed by atoms with van der Waals surface area (Å²) in [4.78, 5) is 28.6. The van der Waals surface area contributed by atoms with Crippen LogP contribution in [0.3, 0.4) is 0 Å². The average molecular weight is 546 g/mol. The molecule has 3 amide bonds. The van der Waals surface area contributed by atoms with Crippen molar-refractivity contribution in [3.05, 3.63) is 106 Å². The van der Waals surface area contributed by atoms with Crippen molar-refractivity contribution < 1.29 is 27.5 Å². The first kappa shape index (κ1) is 27.6. The molecule has 0 aromatic heterocycles. The number of nitrogens with one attached hydrogen (secondary N) is 1. The van der Waals surface area contributed by atoms with Crippen molar-refractivity contribution in [1.82, 2.24) is 15.1 Å². The molecular formula is C28H27ClF3N3O3. The van der Waals surface area contributed by atoms with Crippen LogP contribution in [0.15, 0.2) is 78.9 Å². The molecule has 0 unspecified atom stereocenters. The smallest absolute Gasteiger partial charge is 0.368 e. The highest BCUT2D eigenvalue weighted by atomic mass is 35.5. The van der Waals surface area contributed by atoms with Crippen molar-refractivity contribution in [3.63, 3.8) is 0 Å². The molecule has 1 fully saturated rings. The summed E-state index contributed by atoms with van der Waals surface area (Å²) in [6.45, 7) is 2.65. The molecule has 10 heteroatoms. The summed E-state index contributed by atoms with van der Waals surface area (Å²) >= 11 is 6.04. The van der Waals surface area contributed by atoms with E-state index in [1.807, 2.05) is 12.1 Å². The molecule has 6 nitrogen and oxygen atoms in total. The Morgan fingerprint density at radius 3 is 2.13 bits per heavy atom. The third-order valence-electron chi connectivity index (χ3n) is 6.31. The molecule has 1 heterocycles. The molecule has 38 heavy (non-hydrogen) atoms. The van der Waals surface area contributed by atoms with E-state index in [4.69, 9.17) is 16.3 Å². The molecule has 1 N–H and O–H groups in total. The number of amides is 3. The highest BCUT2D eigenvalue weighted by Crippen LogP contribution is 2.30. The predicted molar refractivity (Wildman–Crippen MR) is 138 cm³/mol. The highest BCUT2D eigenvalue weighted by Gasteiger charge is 2.30. The number of ether oxygens (including phenoxy) is 1. The van der Waals surface area contributed by atoms with Gasteiger partial charge in [-0.2, -0.15) is 13.2 Å². The van der Waals surface area contributed by atoms with Crippen molar-refractivity contribution in [3.8, 4) is 0 Å². The summed E-state index contributed by atoms with van der Waals surface area (Å²) in [6, 6.07) is 20.3. The summed E-state index contributed by atoms with van der Waals surface area (Å²) in [5.41, 5.74) is 1.22. The molecule has 0 bridgehead atoms. The lowest BCUT2D eigenvalue weighted by Gasteiger charge is -2.36. The van der Waals surface area contributed by atoms with Gasteiger partial charge < -0.3 is 9.64 Å². The molecule has 3 aromatic rings. The first-order valence-corrected chi connectivity index (χ1v) is 12.5. The van der Waals surface area contributed by atoms with Gasteiger partial charge in [0, 0.05) is 43.3 Å². The van der Waals surface area contributed by atoms with Gasteiger partial charge in [-0.25, -0.2) is 4.79 Å². The van der Waals surface area contributed by atoms with Crippen molar-refractivity contribution >= 4 is 23.5 Å². The second kappa shape index (κ2) is 12.4. The van der Waals surface area contributed by atoms with Crippen molar-refractivity contribution in [2.75, 3.05) is 32.7 Å². The van der Waals surface area contributed by atoms with Crippen molar-refractivity contribution in [2.45, 2.75) is 18.9 Å². The maximum Gasteiger partial charge on any atom is 0.416 e.